The summed E-state index contributed by atoms with van der Waals surface area (Å²) in [7, 11) is 1.56. The van der Waals surface area contributed by atoms with Crippen LogP contribution in [0.5, 0.6) is 5.75 Å². The van der Waals surface area contributed by atoms with Crippen LogP contribution in [0.15, 0.2) is 105 Å². The summed E-state index contributed by atoms with van der Waals surface area (Å²) in [5, 5.41) is 3.83. The zero-order valence-corrected chi connectivity index (χ0v) is 28.6. The number of allylic oxidation sites excluding steroid dienone is 1. The zero-order chi connectivity index (χ0) is 33.1. The first-order chi connectivity index (χ1) is 22.8. The van der Waals surface area contributed by atoms with Crippen LogP contribution in [0.2, 0.25) is 0 Å². The highest BCUT2D eigenvalue weighted by Crippen LogP contribution is 2.38. The van der Waals surface area contributed by atoms with Crippen LogP contribution < -0.4 is 24.9 Å². The van der Waals surface area contributed by atoms with E-state index in [0.717, 1.165) is 33.0 Å². The molecule has 0 spiro atoms. The Labute approximate surface area is 283 Å². The number of ether oxygens (including phenoxy) is 2. The Morgan fingerprint density at radius 2 is 1.83 bits per heavy atom. The van der Waals surface area contributed by atoms with Gasteiger partial charge in [-0.1, -0.05) is 77.0 Å². The Hall–Kier alpha value is -4.74. The Kier molecular flexibility index (Phi) is 9.55. The molecule has 5 aromatic rings. The highest BCUT2D eigenvalue weighted by atomic mass is 79.9. The Bertz CT molecular complexity index is 2200. The van der Waals surface area contributed by atoms with Crippen molar-refractivity contribution < 1.29 is 19.1 Å². The van der Waals surface area contributed by atoms with Crippen molar-refractivity contribution in [1.29, 1.82) is 0 Å². The number of esters is 1. The molecule has 3 aromatic carbocycles. The number of benzene rings is 3. The first-order valence-corrected chi connectivity index (χ1v) is 16.9. The molecule has 2 aromatic heterocycles. The summed E-state index contributed by atoms with van der Waals surface area (Å²) >= 11 is 4.83. The highest BCUT2D eigenvalue weighted by molar-refractivity contribution is 9.10. The van der Waals surface area contributed by atoms with Crippen LogP contribution in [0, 0.1) is 0 Å². The van der Waals surface area contributed by atoms with Gasteiger partial charge in [0, 0.05) is 38.4 Å². The minimum Gasteiger partial charge on any atom is -0.496 e. The number of carbonyl (C=O) groups is 2. The molecule has 0 aliphatic carbocycles. The summed E-state index contributed by atoms with van der Waals surface area (Å²) in [5.74, 6) is -0.150. The maximum atomic E-state index is 14.4. The van der Waals surface area contributed by atoms with E-state index >= 15 is 0 Å². The zero-order valence-electron chi connectivity index (χ0n) is 26.2. The van der Waals surface area contributed by atoms with E-state index in [1.807, 2.05) is 90.5 Å². The number of hydrogen-bond donors (Lipinski definition) is 1. The molecule has 1 amide bonds. The number of aromatic nitrogens is 2. The van der Waals surface area contributed by atoms with Crippen LogP contribution in [0.25, 0.3) is 17.0 Å². The average molecular weight is 714 g/mol. The van der Waals surface area contributed by atoms with Crippen molar-refractivity contribution >= 4 is 61.8 Å². The summed E-state index contributed by atoms with van der Waals surface area (Å²) in [6.45, 7) is 4.05. The largest absolute Gasteiger partial charge is 0.496 e. The molecule has 0 bridgehead atoms. The van der Waals surface area contributed by atoms with Crippen molar-refractivity contribution in [3.05, 3.63) is 126 Å². The number of anilines is 1. The SMILES string of the molecule is CCCC1=C(C(=O)OCC)[C@H](c2cc(Br)ccc2OC)n2c(s/c(=C/c3cn(CC(=O)Nc4ccccc4)c4ccccc34)c2=O)=N1. The fraction of sp³-hybridized carbons (Fsp3) is 0.222. The molecule has 1 N–H and O–H groups in total. The van der Waals surface area contributed by atoms with E-state index in [-0.39, 0.29) is 24.6 Å². The van der Waals surface area contributed by atoms with E-state index in [9.17, 15) is 14.4 Å². The van der Waals surface area contributed by atoms with Gasteiger partial charge < -0.3 is 19.4 Å². The molecule has 3 heterocycles. The fourth-order valence-electron chi connectivity index (χ4n) is 5.87. The van der Waals surface area contributed by atoms with Crippen molar-refractivity contribution in [3.8, 4) is 5.75 Å². The Balaban J connectivity index is 1.51. The van der Waals surface area contributed by atoms with Crippen LogP contribution in [0.1, 0.15) is 43.9 Å². The van der Waals surface area contributed by atoms with Gasteiger partial charge in [0.2, 0.25) is 5.91 Å². The van der Waals surface area contributed by atoms with Gasteiger partial charge in [0.15, 0.2) is 4.80 Å². The van der Waals surface area contributed by atoms with Crippen LogP contribution in [-0.2, 0) is 20.9 Å². The Morgan fingerprint density at radius 3 is 2.57 bits per heavy atom. The van der Waals surface area contributed by atoms with Crippen molar-refractivity contribution in [2.75, 3.05) is 19.0 Å². The first kappa shape index (κ1) is 32.2. The third-order valence-electron chi connectivity index (χ3n) is 7.86. The normalized spacial score (nSPS) is 14.6. The molecule has 11 heteroatoms. The third-order valence-corrected chi connectivity index (χ3v) is 9.33. The summed E-state index contributed by atoms with van der Waals surface area (Å²) in [6.07, 6.45) is 5.00. The van der Waals surface area contributed by atoms with E-state index in [2.05, 4.69) is 21.2 Å². The van der Waals surface area contributed by atoms with Crippen molar-refractivity contribution in [2.24, 2.45) is 4.99 Å². The van der Waals surface area contributed by atoms with Gasteiger partial charge in [-0.05, 0) is 55.8 Å². The molecule has 6 rings (SSSR count). The van der Waals surface area contributed by atoms with Gasteiger partial charge >= 0.3 is 5.97 Å². The topological polar surface area (TPSA) is 104 Å². The van der Waals surface area contributed by atoms with Crippen LogP contribution >= 0.6 is 27.3 Å². The van der Waals surface area contributed by atoms with Gasteiger partial charge in [0.05, 0.1) is 29.5 Å². The van der Waals surface area contributed by atoms with Gasteiger partial charge in [-0.2, -0.15) is 0 Å². The molecule has 1 aliphatic rings. The van der Waals surface area contributed by atoms with Gasteiger partial charge in [0.1, 0.15) is 18.3 Å². The Morgan fingerprint density at radius 1 is 1.06 bits per heavy atom. The number of rotatable bonds is 10. The molecule has 1 aliphatic heterocycles. The molecule has 0 radical (unpaired) electrons. The lowest BCUT2D eigenvalue weighted by Crippen LogP contribution is -2.40. The van der Waals surface area contributed by atoms with E-state index in [0.29, 0.717) is 38.3 Å². The monoisotopic (exact) mass is 712 g/mol. The number of fused-ring (bicyclic) bond motifs is 2. The van der Waals surface area contributed by atoms with E-state index < -0.39 is 12.0 Å². The maximum absolute atomic E-state index is 14.4. The smallest absolute Gasteiger partial charge is 0.338 e. The summed E-state index contributed by atoms with van der Waals surface area (Å²) in [5.41, 5.74) is 3.63. The molecule has 240 valence electrons. The number of para-hydroxylation sites is 2. The number of thiazole rings is 1. The molecular formula is C36H33BrN4O5S. The third kappa shape index (κ3) is 6.45. The number of nitrogens with zero attached hydrogens (tertiary/aromatic N) is 3. The summed E-state index contributed by atoms with van der Waals surface area (Å²) < 4.78 is 15.9. The molecule has 0 saturated carbocycles. The molecule has 47 heavy (non-hydrogen) atoms. The van der Waals surface area contributed by atoms with Crippen molar-refractivity contribution in [2.45, 2.75) is 39.3 Å². The predicted octanol–water partition coefficient (Wildman–Crippen LogP) is 5.94. The number of methoxy groups -OCH3 is 1. The standard InChI is InChI=1S/C36H33BrN4O5S/c1-4-11-27-32(35(44)46-5-2)33(26-19-23(37)16-17-29(26)45-3)41-34(43)30(47-36(41)39-27)18-22-20-40(28-15-10-9-14-25(22)28)21-31(42)38-24-12-7-6-8-13-24/h6-10,12-20,33H,4-5,11,21H2,1-3H3,(H,38,42)/b30-18+/t33-/m0/s1. The fourth-order valence-corrected chi connectivity index (χ4v) is 7.26. The predicted molar refractivity (Wildman–Crippen MR) is 187 cm³/mol. The molecule has 0 saturated heterocycles. The quantitative estimate of drug-likeness (QED) is 0.181. The maximum Gasteiger partial charge on any atom is 0.338 e. The van der Waals surface area contributed by atoms with E-state index in [1.54, 1.807) is 24.7 Å². The van der Waals surface area contributed by atoms with Gasteiger partial charge in [-0.25, -0.2) is 9.79 Å². The minimum absolute atomic E-state index is 0.0937. The number of carbonyl (C=O) groups excluding carboxylic acids is 2. The van der Waals surface area contributed by atoms with E-state index in [4.69, 9.17) is 14.5 Å². The molecule has 0 unspecified atom stereocenters. The lowest BCUT2D eigenvalue weighted by Gasteiger charge is -2.27. The highest BCUT2D eigenvalue weighted by Gasteiger charge is 2.36. The van der Waals surface area contributed by atoms with Gasteiger partial charge in [-0.15, -0.1) is 0 Å². The number of halogens is 1. The minimum atomic E-state index is -0.815. The second-order valence-corrected chi connectivity index (χ2v) is 12.9. The van der Waals surface area contributed by atoms with Gasteiger partial charge in [-0.3, -0.25) is 14.2 Å². The lowest BCUT2D eigenvalue weighted by molar-refractivity contribution is -0.139. The second kappa shape index (κ2) is 13.9. The van der Waals surface area contributed by atoms with Crippen molar-refractivity contribution in [1.82, 2.24) is 9.13 Å². The number of nitrogens with one attached hydrogen (secondary N) is 1. The van der Waals surface area contributed by atoms with Crippen LogP contribution in [0.4, 0.5) is 5.69 Å². The molecule has 0 fully saturated rings. The second-order valence-electron chi connectivity index (χ2n) is 10.9. The summed E-state index contributed by atoms with van der Waals surface area (Å²) in [6, 6.07) is 21.8. The van der Waals surface area contributed by atoms with Crippen LogP contribution in [-0.4, -0.2) is 34.7 Å². The average Bonchev–Trinajstić information content (AvgIpc) is 3.57. The molecule has 1 atom stereocenters. The molecular weight excluding hydrogens is 680 g/mol. The molecule has 9 nitrogen and oxygen atoms in total. The number of amides is 1. The van der Waals surface area contributed by atoms with Crippen molar-refractivity contribution in [3.63, 3.8) is 0 Å². The lowest BCUT2D eigenvalue weighted by atomic mass is 9.93. The van der Waals surface area contributed by atoms with E-state index in [1.165, 1.54) is 11.3 Å². The van der Waals surface area contributed by atoms with Gasteiger partial charge in [0.25, 0.3) is 5.56 Å². The summed E-state index contributed by atoms with van der Waals surface area (Å²) in [4.78, 5) is 46.3. The number of hydrogen-bond acceptors (Lipinski definition) is 7. The van der Waals surface area contributed by atoms with Crippen LogP contribution in [0.3, 0.4) is 0 Å². The first-order valence-electron chi connectivity index (χ1n) is 15.3.